The molecule has 2 heterocycles. The lowest BCUT2D eigenvalue weighted by Crippen LogP contribution is -2.07. The van der Waals surface area contributed by atoms with Gasteiger partial charge in [0.25, 0.3) is 0 Å². The van der Waals surface area contributed by atoms with Gasteiger partial charge in [-0.1, -0.05) is 23.7 Å². The highest BCUT2D eigenvalue weighted by Gasteiger charge is 2.25. The second kappa shape index (κ2) is 6.65. The van der Waals surface area contributed by atoms with E-state index >= 15 is 0 Å². The van der Waals surface area contributed by atoms with Crippen LogP contribution < -0.4 is 5.32 Å². The van der Waals surface area contributed by atoms with Gasteiger partial charge in [-0.15, -0.1) is 0 Å². The Balaban J connectivity index is 1.87. The van der Waals surface area contributed by atoms with Gasteiger partial charge in [0.2, 0.25) is 11.6 Å². The summed E-state index contributed by atoms with van der Waals surface area (Å²) in [5, 5.41) is 15.4. The first kappa shape index (κ1) is 16.9. The van der Waals surface area contributed by atoms with Crippen molar-refractivity contribution in [1.29, 1.82) is 0 Å². The summed E-state index contributed by atoms with van der Waals surface area (Å²) in [4.78, 5) is 23.8. The van der Waals surface area contributed by atoms with E-state index in [-0.39, 0.29) is 17.3 Å². The molecule has 0 bridgehead atoms. The third kappa shape index (κ3) is 3.06. The van der Waals surface area contributed by atoms with E-state index in [1.165, 1.54) is 12.7 Å². The molecule has 27 heavy (non-hydrogen) atoms. The molecule has 0 spiro atoms. The fourth-order valence-electron chi connectivity index (χ4n) is 2.83. The minimum Gasteiger partial charge on any atom is -0.334 e. The van der Waals surface area contributed by atoms with Gasteiger partial charge >= 0.3 is 5.69 Å². The van der Waals surface area contributed by atoms with Crippen molar-refractivity contribution in [3.05, 3.63) is 75.8 Å². The van der Waals surface area contributed by atoms with Gasteiger partial charge in [-0.3, -0.25) is 14.7 Å². The van der Waals surface area contributed by atoms with Crippen LogP contribution in [0.2, 0.25) is 5.02 Å². The van der Waals surface area contributed by atoms with Crippen LogP contribution in [-0.4, -0.2) is 24.4 Å². The molecule has 0 unspecified atom stereocenters. The number of aromatic nitrogens is 4. The molecule has 8 nitrogen and oxygen atoms in total. The van der Waals surface area contributed by atoms with E-state index in [1.54, 1.807) is 22.8 Å². The summed E-state index contributed by atoms with van der Waals surface area (Å²) in [6.45, 7) is 1.85. The summed E-state index contributed by atoms with van der Waals surface area (Å²) in [7, 11) is 0. The molecular formula is C18H13ClN6O2. The smallest absolute Gasteiger partial charge is 0.334 e. The maximum Gasteiger partial charge on any atom is 0.354 e. The van der Waals surface area contributed by atoms with Crippen molar-refractivity contribution in [1.82, 2.24) is 19.5 Å². The van der Waals surface area contributed by atoms with Gasteiger partial charge < -0.3 is 5.32 Å². The maximum absolute atomic E-state index is 11.8. The number of nitrogens with one attached hydrogen (secondary N) is 1. The fourth-order valence-corrected chi connectivity index (χ4v) is 3.05. The SMILES string of the molecule is Cc1cc(Cl)ccc1Nc1ncnc(-n2cnc3ccccc32)c1[N+](=O)[O-]. The first-order chi connectivity index (χ1) is 13.0. The third-order valence-corrected chi connectivity index (χ3v) is 4.34. The van der Waals surface area contributed by atoms with Gasteiger partial charge in [-0.2, -0.15) is 0 Å². The molecule has 0 saturated heterocycles. The average molecular weight is 381 g/mol. The summed E-state index contributed by atoms with van der Waals surface area (Å²) < 4.78 is 1.58. The lowest BCUT2D eigenvalue weighted by molar-refractivity contribution is -0.384. The minimum atomic E-state index is -0.502. The second-order valence-electron chi connectivity index (χ2n) is 5.84. The monoisotopic (exact) mass is 380 g/mol. The highest BCUT2D eigenvalue weighted by molar-refractivity contribution is 6.30. The highest BCUT2D eigenvalue weighted by Crippen LogP contribution is 2.33. The van der Waals surface area contributed by atoms with Gasteiger partial charge in [0.05, 0.1) is 16.0 Å². The van der Waals surface area contributed by atoms with Gasteiger partial charge in [-0.05, 0) is 42.8 Å². The molecule has 0 aliphatic carbocycles. The Morgan fingerprint density at radius 1 is 1.15 bits per heavy atom. The third-order valence-electron chi connectivity index (χ3n) is 4.11. The molecule has 0 fully saturated rings. The average Bonchev–Trinajstić information content (AvgIpc) is 3.07. The number of benzene rings is 2. The maximum atomic E-state index is 11.8. The van der Waals surface area contributed by atoms with Crippen LogP contribution in [0.25, 0.3) is 16.9 Å². The van der Waals surface area contributed by atoms with Crippen molar-refractivity contribution in [2.24, 2.45) is 0 Å². The van der Waals surface area contributed by atoms with E-state index in [0.29, 0.717) is 21.7 Å². The molecule has 2 aromatic heterocycles. The van der Waals surface area contributed by atoms with Crippen molar-refractivity contribution in [3.8, 4) is 5.82 Å². The molecule has 2 aromatic carbocycles. The van der Waals surface area contributed by atoms with Crippen molar-refractivity contribution in [2.45, 2.75) is 6.92 Å². The molecule has 1 N–H and O–H groups in total. The van der Waals surface area contributed by atoms with Gasteiger partial charge in [0.1, 0.15) is 12.7 Å². The van der Waals surface area contributed by atoms with Crippen LogP contribution in [-0.2, 0) is 0 Å². The molecule has 0 amide bonds. The zero-order chi connectivity index (χ0) is 19.0. The van der Waals surface area contributed by atoms with Gasteiger partial charge in [0, 0.05) is 10.7 Å². The zero-order valence-electron chi connectivity index (χ0n) is 14.1. The van der Waals surface area contributed by atoms with E-state index in [9.17, 15) is 10.1 Å². The number of nitro groups is 1. The summed E-state index contributed by atoms with van der Waals surface area (Å²) in [5.41, 5.74) is 2.70. The van der Waals surface area contributed by atoms with Crippen LogP contribution in [0.3, 0.4) is 0 Å². The Morgan fingerprint density at radius 2 is 1.96 bits per heavy atom. The van der Waals surface area contributed by atoms with E-state index in [1.807, 2.05) is 31.2 Å². The Bertz CT molecular complexity index is 1170. The predicted molar refractivity (Wildman–Crippen MR) is 103 cm³/mol. The molecule has 4 rings (SSSR count). The number of fused-ring (bicyclic) bond motifs is 1. The molecule has 0 aliphatic rings. The number of anilines is 2. The van der Waals surface area contributed by atoms with Crippen LogP contribution in [0, 0.1) is 17.0 Å². The molecule has 0 saturated carbocycles. The van der Waals surface area contributed by atoms with Crippen LogP contribution in [0.1, 0.15) is 5.56 Å². The highest BCUT2D eigenvalue weighted by atomic mass is 35.5. The summed E-state index contributed by atoms with van der Waals surface area (Å²) >= 11 is 5.98. The second-order valence-corrected chi connectivity index (χ2v) is 6.28. The minimum absolute atomic E-state index is 0.0909. The Morgan fingerprint density at radius 3 is 2.74 bits per heavy atom. The van der Waals surface area contributed by atoms with E-state index in [2.05, 4.69) is 20.3 Å². The first-order valence-corrected chi connectivity index (χ1v) is 8.37. The number of rotatable bonds is 4. The molecule has 0 radical (unpaired) electrons. The molecule has 0 aliphatic heterocycles. The molecule has 9 heteroatoms. The molecule has 134 valence electrons. The standard InChI is InChI=1S/C18H13ClN6O2/c1-11-8-12(19)6-7-13(11)23-17-16(25(26)27)18(21-9-20-17)24-10-22-14-4-2-3-5-15(14)24/h2-10H,1H3,(H,20,21,23). The predicted octanol–water partition coefficient (Wildman–Crippen LogP) is 4.43. The number of para-hydroxylation sites is 2. The van der Waals surface area contributed by atoms with Crippen molar-refractivity contribution in [2.75, 3.05) is 5.32 Å². The Kier molecular flexibility index (Phi) is 4.17. The number of aryl methyl sites for hydroxylation is 1. The lowest BCUT2D eigenvalue weighted by Gasteiger charge is -2.11. The topological polar surface area (TPSA) is 98.8 Å². The fraction of sp³-hybridized carbons (Fsp3) is 0.0556. The Hall–Kier alpha value is -3.52. The number of imidazole rings is 1. The van der Waals surface area contributed by atoms with Crippen molar-refractivity contribution >= 4 is 39.8 Å². The quantitative estimate of drug-likeness (QED) is 0.415. The van der Waals surface area contributed by atoms with Gasteiger partial charge in [0.15, 0.2) is 0 Å². The summed E-state index contributed by atoms with van der Waals surface area (Å²) in [5.74, 6) is 0.228. The number of nitrogens with zero attached hydrogens (tertiary/aromatic N) is 5. The normalized spacial score (nSPS) is 10.9. The largest absolute Gasteiger partial charge is 0.354 e. The Labute approximate surface area is 158 Å². The van der Waals surface area contributed by atoms with Crippen LogP contribution in [0.4, 0.5) is 17.2 Å². The van der Waals surface area contributed by atoms with Crippen molar-refractivity contribution < 1.29 is 4.92 Å². The summed E-state index contributed by atoms with van der Waals surface area (Å²) in [6.07, 6.45) is 2.79. The van der Waals surface area contributed by atoms with E-state index in [0.717, 1.165) is 5.56 Å². The lowest BCUT2D eigenvalue weighted by atomic mass is 10.2. The van der Waals surface area contributed by atoms with Crippen LogP contribution in [0.5, 0.6) is 0 Å². The van der Waals surface area contributed by atoms with E-state index < -0.39 is 4.92 Å². The molecule has 4 aromatic rings. The van der Waals surface area contributed by atoms with Gasteiger partial charge in [-0.25, -0.2) is 15.0 Å². The van der Waals surface area contributed by atoms with Crippen LogP contribution in [0.15, 0.2) is 55.1 Å². The summed E-state index contributed by atoms with van der Waals surface area (Å²) in [6, 6.07) is 12.6. The number of hydrogen-bond acceptors (Lipinski definition) is 6. The zero-order valence-corrected chi connectivity index (χ0v) is 14.9. The number of halogens is 1. The van der Waals surface area contributed by atoms with Crippen LogP contribution >= 0.6 is 11.6 Å². The van der Waals surface area contributed by atoms with E-state index in [4.69, 9.17) is 11.6 Å². The molecular weight excluding hydrogens is 368 g/mol. The molecule has 0 atom stereocenters. The number of hydrogen-bond donors (Lipinski definition) is 1. The first-order valence-electron chi connectivity index (χ1n) is 7.99. The van der Waals surface area contributed by atoms with Crippen molar-refractivity contribution in [3.63, 3.8) is 0 Å².